The van der Waals surface area contributed by atoms with E-state index in [-0.39, 0.29) is 12.1 Å². The maximum Gasteiger partial charge on any atom is 0.410 e. The van der Waals surface area contributed by atoms with Crippen molar-refractivity contribution in [3.63, 3.8) is 0 Å². The van der Waals surface area contributed by atoms with Gasteiger partial charge in [0.2, 0.25) is 0 Å². The van der Waals surface area contributed by atoms with E-state index in [1.54, 1.807) is 0 Å². The van der Waals surface area contributed by atoms with Crippen molar-refractivity contribution in [2.24, 2.45) is 7.05 Å². The molecule has 1 unspecified atom stereocenters. The average molecular weight is 265 g/mol. The van der Waals surface area contributed by atoms with Crippen molar-refractivity contribution in [1.29, 1.82) is 0 Å². The molecular formula is C14H23N3O2. The first-order valence-electron chi connectivity index (χ1n) is 6.81. The molecule has 5 heteroatoms. The zero-order valence-electron chi connectivity index (χ0n) is 12.4. The Labute approximate surface area is 114 Å². The number of aryl methyl sites for hydroxylation is 1. The molecule has 0 saturated heterocycles. The van der Waals surface area contributed by atoms with Gasteiger partial charge in [-0.25, -0.2) is 4.79 Å². The maximum atomic E-state index is 12.2. The van der Waals surface area contributed by atoms with Crippen LogP contribution in [0.5, 0.6) is 0 Å². The summed E-state index contributed by atoms with van der Waals surface area (Å²) in [7, 11) is 1.93. The highest BCUT2D eigenvalue weighted by atomic mass is 16.6. The molecule has 0 aliphatic heterocycles. The van der Waals surface area contributed by atoms with Crippen molar-refractivity contribution in [3.05, 3.63) is 17.5 Å². The van der Waals surface area contributed by atoms with Gasteiger partial charge in [0.05, 0.1) is 5.69 Å². The molecule has 0 fully saturated rings. The summed E-state index contributed by atoms with van der Waals surface area (Å²) in [6.07, 6.45) is 3.51. The first-order valence-corrected chi connectivity index (χ1v) is 6.81. The van der Waals surface area contributed by atoms with Gasteiger partial charge in [-0.3, -0.25) is 4.68 Å². The van der Waals surface area contributed by atoms with Crippen LogP contribution in [0, 0.1) is 0 Å². The van der Waals surface area contributed by atoms with E-state index in [9.17, 15) is 4.79 Å². The topological polar surface area (TPSA) is 47.4 Å². The number of amides is 1. The predicted molar refractivity (Wildman–Crippen MR) is 73.0 cm³/mol. The van der Waals surface area contributed by atoms with Gasteiger partial charge < -0.3 is 9.64 Å². The first kappa shape index (κ1) is 13.9. The van der Waals surface area contributed by atoms with Gasteiger partial charge in [-0.1, -0.05) is 0 Å². The molecule has 1 aliphatic rings. The smallest absolute Gasteiger partial charge is 0.410 e. The lowest BCUT2D eigenvalue weighted by Crippen LogP contribution is -2.43. The van der Waals surface area contributed by atoms with Crippen LogP contribution in [0.3, 0.4) is 0 Å². The normalized spacial score (nSPS) is 18.3. The van der Waals surface area contributed by atoms with E-state index in [0.717, 1.165) is 18.5 Å². The van der Waals surface area contributed by atoms with Crippen LogP contribution in [-0.2, 0) is 24.6 Å². The molecule has 19 heavy (non-hydrogen) atoms. The molecule has 0 saturated carbocycles. The zero-order chi connectivity index (χ0) is 14.2. The van der Waals surface area contributed by atoms with Gasteiger partial charge in [0.25, 0.3) is 0 Å². The number of carbonyl (C=O) groups excluding carboxylic acids is 1. The molecule has 1 aromatic rings. The van der Waals surface area contributed by atoms with E-state index in [2.05, 4.69) is 5.10 Å². The van der Waals surface area contributed by atoms with Gasteiger partial charge in [0, 0.05) is 32.3 Å². The van der Waals surface area contributed by atoms with Crippen molar-refractivity contribution in [3.8, 4) is 0 Å². The highest BCUT2D eigenvalue weighted by Gasteiger charge is 2.33. The SMILES string of the molecule is CCN(C(=O)OC(C)(C)C)C1Cc2cn(C)nc2C1. The Balaban J connectivity index is 2.04. The van der Waals surface area contributed by atoms with Crippen LogP contribution in [0.4, 0.5) is 4.79 Å². The van der Waals surface area contributed by atoms with E-state index < -0.39 is 5.60 Å². The fourth-order valence-corrected chi connectivity index (χ4v) is 2.55. The van der Waals surface area contributed by atoms with E-state index in [4.69, 9.17) is 4.74 Å². The van der Waals surface area contributed by atoms with Crippen molar-refractivity contribution < 1.29 is 9.53 Å². The van der Waals surface area contributed by atoms with Crippen molar-refractivity contribution in [2.45, 2.75) is 52.2 Å². The van der Waals surface area contributed by atoms with Gasteiger partial charge >= 0.3 is 6.09 Å². The summed E-state index contributed by atoms with van der Waals surface area (Å²) in [5.41, 5.74) is 1.90. The van der Waals surface area contributed by atoms with Gasteiger partial charge in [-0.2, -0.15) is 5.10 Å². The van der Waals surface area contributed by atoms with E-state index in [1.165, 1.54) is 5.56 Å². The predicted octanol–water partition coefficient (Wildman–Crippen LogP) is 2.14. The van der Waals surface area contributed by atoms with Gasteiger partial charge in [-0.05, 0) is 39.7 Å². The summed E-state index contributed by atoms with van der Waals surface area (Å²) in [6, 6.07) is 0.179. The monoisotopic (exact) mass is 265 g/mol. The van der Waals surface area contributed by atoms with E-state index in [1.807, 2.05) is 50.5 Å². The molecule has 0 N–H and O–H groups in total. The summed E-state index contributed by atoms with van der Waals surface area (Å²) >= 11 is 0. The average Bonchev–Trinajstić information content (AvgIpc) is 2.72. The highest BCUT2D eigenvalue weighted by Crippen LogP contribution is 2.25. The van der Waals surface area contributed by atoms with Crippen LogP contribution in [0.1, 0.15) is 39.0 Å². The molecule has 0 bridgehead atoms. The number of likely N-dealkylation sites (N-methyl/N-ethyl adjacent to an activating group) is 1. The molecule has 5 nitrogen and oxygen atoms in total. The van der Waals surface area contributed by atoms with Crippen molar-refractivity contribution in [2.75, 3.05) is 6.54 Å². The number of aromatic nitrogens is 2. The number of carbonyl (C=O) groups is 1. The van der Waals surface area contributed by atoms with Crippen LogP contribution in [-0.4, -0.2) is 39.0 Å². The summed E-state index contributed by atoms with van der Waals surface area (Å²) in [6.45, 7) is 8.33. The van der Waals surface area contributed by atoms with Crippen LogP contribution in [0.15, 0.2) is 6.20 Å². The Morgan fingerprint density at radius 1 is 1.53 bits per heavy atom. The molecule has 1 atom stereocenters. The van der Waals surface area contributed by atoms with E-state index >= 15 is 0 Å². The third kappa shape index (κ3) is 3.08. The Bertz CT molecular complexity index is 450. The third-order valence-corrected chi connectivity index (χ3v) is 3.29. The lowest BCUT2D eigenvalue weighted by atomic mass is 10.2. The first-order chi connectivity index (χ1) is 8.80. The van der Waals surface area contributed by atoms with Crippen molar-refractivity contribution >= 4 is 6.09 Å². The summed E-state index contributed by atoms with van der Waals surface area (Å²) in [5, 5.41) is 4.43. The van der Waals surface area contributed by atoms with Gasteiger partial charge in [0.1, 0.15) is 5.60 Å². The third-order valence-electron chi connectivity index (χ3n) is 3.29. The van der Waals surface area contributed by atoms with Crippen molar-refractivity contribution in [1.82, 2.24) is 14.7 Å². The molecule has 106 valence electrons. The fourth-order valence-electron chi connectivity index (χ4n) is 2.55. The number of rotatable bonds is 2. The summed E-state index contributed by atoms with van der Waals surface area (Å²) in [5.74, 6) is 0. The quantitative estimate of drug-likeness (QED) is 0.823. The molecule has 1 amide bonds. The van der Waals surface area contributed by atoms with Crippen LogP contribution >= 0.6 is 0 Å². The summed E-state index contributed by atoms with van der Waals surface area (Å²) in [4.78, 5) is 14.0. The highest BCUT2D eigenvalue weighted by molar-refractivity contribution is 5.68. The lowest BCUT2D eigenvalue weighted by Gasteiger charge is -2.30. The summed E-state index contributed by atoms with van der Waals surface area (Å²) < 4.78 is 7.30. The minimum absolute atomic E-state index is 0.179. The van der Waals surface area contributed by atoms with Gasteiger partial charge in [-0.15, -0.1) is 0 Å². The standard InChI is InChI=1S/C14H23N3O2/c1-6-17(13(18)19-14(2,3)4)11-7-10-9-16(5)15-12(10)8-11/h9,11H,6-8H2,1-5H3. The zero-order valence-corrected chi connectivity index (χ0v) is 12.4. The van der Waals surface area contributed by atoms with Crippen LogP contribution < -0.4 is 0 Å². The molecule has 1 heterocycles. The number of hydrogen-bond acceptors (Lipinski definition) is 3. The largest absolute Gasteiger partial charge is 0.444 e. The number of nitrogens with zero attached hydrogens (tertiary/aromatic N) is 3. The van der Waals surface area contributed by atoms with Crippen LogP contribution in [0.25, 0.3) is 0 Å². The maximum absolute atomic E-state index is 12.2. The Morgan fingerprint density at radius 2 is 2.21 bits per heavy atom. The Kier molecular flexibility index (Phi) is 3.56. The van der Waals surface area contributed by atoms with E-state index in [0.29, 0.717) is 6.54 Å². The molecule has 1 aliphatic carbocycles. The number of fused-ring (bicyclic) bond motifs is 1. The van der Waals surface area contributed by atoms with Gasteiger partial charge in [0.15, 0.2) is 0 Å². The minimum Gasteiger partial charge on any atom is -0.444 e. The minimum atomic E-state index is -0.448. The van der Waals surface area contributed by atoms with Crippen LogP contribution in [0.2, 0.25) is 0 Å². The second kappa shape index (κ2) is 4.87. The Hall–Kier alpha value is -1.52. The second-order valence-electron chi connectivity index (χ2n) is 6.10. The molecule has 0 radical (unpaired) electrons. The molecular weight excluding hydrogens is 242 g/mol. The lowest BCUT2D eigenvalue weighted by molar-refractivity contribution is 0.0180. The number of ether oxygens (including phenoxy) is 1. The molecule has 2 rings (SSSR count). The second-order valence-corrected chi connectivity index (χ2v) is 6.10. The molecule has 1 aromatic heterocycles. The molecule has 0 spiro atoms. The fraction of sp³-hybridized carbons (Fsp3) is 0.714. The Morgan fingerprint density at radius 3 is 2.74 bits per heavy atom. The number of hydrogen-bond donors (Lipinski definition) is 0. The molecule has 0 aromatic carbocycles.